The highest BCUT2D eigenvalue weighted by atomic mass is 16.5. The fourth-order valence-electron chi connectivity index (χ4n) is 11.4. The summed E-state index contributed by atoms with van der Waals surface area (Å²) >= 11 is 0. The zero-order valence-corrected chi connectivity index (χ0v) is 47.0. The number of benzene rings is 4. The number of hydrogen-bond donors (Lipinski definition) is 1. The van der Waals surface area contributed by atoms with E-state index < -0.39 is 5.97 Å². The Morgan fingerprint density at radius 2 is 0.952 bits per heavy atom. The molecule has 0 saturated carbocycles. The molecule has 2 aliphatic carbocycles. The van der Waals surface area contributed by atoms with Gasteiger partial charge in [-0.1, -0.05) is 75.5 Å². The Kier molecular flexibility index (Phi) is 16.5. The summed E-state index contributed by atoms with van der Waals surface area (Å²) < 4.78 is 18.7. The first-order valence-electron chi connectivity index (χ1n) is 27.3. The third-order valence-corrected chi connectivity index (χ3v) is 15.8. The van der Waals surface area contributed by atoms with Crippen molar-refractivity contribution in [2.75, 3.05) is 47.4 Å². The number of carboxylic acid groups (broad SMARTS) is 1. The quantitative estimate of drug-likeness (QED) is 0.121. The minimum absolute atomic E-state index is 0. The maximum Gasteiger partial charge on any atom is 0.335 e. The van der Waals surface area contributed by atoms with Crippen molar-refractivity contribution in [1.29, 1.82) is 0 Å². The molecule has 4 aromatic carbocycles. The Hall–Kier alpha value is -9.62. The predicted octanol–water partition coefficient (Wildman–Crippen LogP) is 9.64. The van der Waals surface area contributed by atoms with Gasteiger partial charge in [0.2, 0.25) is 0 Å². The van der Waals surface area contributed by atoms with Crippen molar-refractivity contribution in [2.45, 2.75) is 53.4 Å². The minimum Gasteiger partial charge on any atom is -0.496 e. The fourth-order valence-corrected chi connectivity index (χ4v) is 11.4. The van der Waals surface area contributed by atoms with Crippen LogP contribution in [-0.4, -0.2) is 133 Å². The molecule has 1 fully saturated rings. The highest BCUT2D eigenvalue weighted by Crippen LogP contribution is 2.42. The average molecular weight is 1130 g/mol. The predicted molar refractivity (Wildman–Crippen MR) is 324 cm³/mol. The Morgan fingerprint density at radius 3 is 1.37 bits per heavy atom. The van der Waals surface area contributed by atoms with Crippen LogP contribution in [0.1, 0.15) is 80.9 Å². The van der Waals surface area contributed by atoms with Crippen LogP contribution in [0.5, 0.6) is 11.5 Å². The number of hydrogen-bond acceptors (Lipinski definition) is 13. The van der Waals surface area contributed by atoms with Crippen molar-refractivity contribution >= 4 is 11.9 Å². The number of aryl methyl sites for hydroxylation is 8. The van der Waals surface area contributed by atoms with Crippen LogP contribution in [0.15, 0.2) is 122 Å². The molecule has 0 bridgehead atoms. The molecule has 13 rings (SSSR count). The van der Waals surface area contributed by atoms with E-state index in [-0.39, 0.29) is 26.3 Å². The van der Waals surface area contributed by atoms with E-state index >= 15 is 0 Å². The number of amides is 1. The number of ether oxygens (including phenoxy) is 2. The van der Waals surface area contributed by atoms with Gasteiger partial charge in [0.05, 0.1) is 66.3 Å². The molecular formula is C65H70N14O5. The smallest absolute Gasteiger partial charge is 0.335 e. The molecule has 19 nitrogen and oxygen atoms in total. The van der Waals surface area contributed by atoms with E-state index in [1.807, 2.05) is 103 Å². The zero-order chi connectivity index (χ0) is 56.8. The van der Waals surface area contributed by atoms with Crippen molar-refractivity contribution in [2.24, 2.45) is 28.2 Å². The molecule has 0 unspecified atom stereocenters. The normalized spacial score (nSPS) is 13.2. The van der Waals surface area contributed by atoms with Crippen molar-refractivity contribution in [1.82, 2.24) is 68.9 Å². The number of carbonyl (C=O) groups excluding carboxylic acids is 1. The summed E-state index contributed by atoms with van der Waals surface area (Å²) in [6.45, 7) is 3.23. The van der Waals surface area contributed by atoms with Crippen LogP contribution in [0.3, 0.4) is 0 Å². The zero-order valence-electron chi connectivity index (χ0n) is 47.0. The van der Waals surface area contributed by atoms with Gasteiger partial charge in [-0.15, -0.1) is 0 Å². The maximum absolute atomic E-state index is 13.2. The van der Waals surface area contributed by atoms with Crippen LogP contribution in [0.25, 0.3) is 67.3 Å². The standard InChI is InChI=1S/C34H36N8O2.C29H26N6O3.2CH4/c1-39-13-15-42(16-14-39)34(43)25-10-9-24(29(17-25)44-4)18-30-35-19-26-11-12-28-31(32(26)37-30)33(41(3)38-28)23-7-5-22(6-8-23)27-20-36-40(2)21-27;1-34-16-22(15-31-34)17-4-6-18(7-5-17)28-26-23(33-35(28)2)11-10-21-14-30-25(32-27(21)26)13-19-8-9-20(29(36)37)12-24(19)38-3;;/h5-10,17,19-21H,11-16,18H2,1-4H3;4-9,12,14-16H,10-11,13H2,1-3H3,(H,36,37);2*1H4. The van der Waals surface area contributed by atoms with Crippen LogP contribution >= 0.6 is 0 Å². The van der Waals surface area contributed by atoms with E-state index in [1.165, 1.54) is 13.2 Å². The first kappa shape index (κ1) is 57.6. The molecule has 1 saturated heterocycles. The number of aromatic nitrogens is 12. The second kappa shape index (κ2) is 24.1. The van der Waals surface area contributed by atoms with Gasteiger partial charge in [-0.3, -0.25) is 23.5 Å². The molecule has 0 radical (unpaired) electrons. The largest absolute Gasteiger partial charge is 0.496 e. The average Bonchev–Trinajstić information content (AvgIpc) is 2.23. The van der Waals surface area contributed by atoms with Crippen LogP contribution in [-0.2, 0) is 66.7 Å². The summed E-state index contributed by atoms with van der Waals surface area (Å²) in [5.41, 5.74) is 19.4. The van der Waals surface area contributed by atoms with E-state index in [9.17, 15) is 14.7 Å². The molecule has 19 heteroatoms. The monoisotopic (exact) mass is 1130 g/mol. The second-order valence-electron chi connectivity index (χ2n) is 21.2. The van der Waals surface area contributed by atoms with Gasteiger partial charge in [0, 0.05) is 142 Å². The van der Waals surface area contributed by atoms with Gasteiger partial charge < -0.3 is 24.4 Å². The number of piperazine rings is 1. The van der Waals surface area contributed by atoms with Gasteiger partial charge >= 0.3 is 5.97 Å². The highest BCUT2D eigenvalue weighted by molar-refractivity contribution is 5.95. The Morgan fingerprint density at radius 1 is 0.524 bits per heavy atom. The van der Waals surface area contributed by atoms with E-state index in [0.717, 1.165) is 153 Å². The number of aromatic carboxylic acids is 1. The molecule has 3 aliphatic rings. The van der Waals surface area contributed by atoms with Crippen LogP contribution < -0.4 is 9.47 Å². The Balaban J connectivity index is 0.000000185. The van der Waals surface area contributed by atoms with Gasteiger partial charge in [0.15, 0.2) is 0 Å². The lowest BCUT2D eigenvalue weighted by Gasteiger charge is -2.32. The number of methoxy groups -OCH3 is 2. The van der Waals surface area contributed by atoms with Crippen LogP contribution in [0.4, 0.5) is 0 Å². The molecule has 10 aromatic rings. The number of nitrogens with zero attached hydrogens (tertiary/aromatic N) is 14. The van der Waals surface area contributed by atoms with Gasteiger partial charge in [-0.25, -0.2) is 24.7 Å². The maximum atomic E-state index is 13.2. The fraction of sp³-hybridized carbons (Fsp3) is 0.292. The lowest BCUT2D eigenvalue weighted by molar-refractivity contribution is 0.0661. The van der Waals surface area contributed by atoms with E-state index in [4.69, 9.17) is 34.6 Å². The molecule has 0 atom stereocenters. The first-order chi connectivity index (χ1) is 39.8. The molecule has 6 aromatic heterocycles. The topological polar surface area (TPSA) is 202 Å². The molecule has 0 spiro atoms. The van der Waals surface area contributed by atoms with Crippen molar-refractivity contribution in [3.63, 3.8) is 0 Å². The summed E-state index contributed by atoms with van der Waals surface area (Å²) in [6.07, 6.45) is 15.9. The Labute approximate surface area is 489 Å². The molecule has 1 aliphatic heterocycles. The molecule has 430 valence electrons. The summed E-state index contributed by atoms with van der Waals surface area (Å²) in [5.74, 6) is 1.56. The SMILES string of the molecule is C.C.COc1cc(C(=O)N2CCN(C)CC2)ccc1Cc1ncc2c(n1)-c1c(nn(C)c1-c1ccc(-c3cnn(C)c3)cc1)CC2.COc1cc(C(=O)O)ccc1Cc1ncc2c(n1)-c1c(nn(C)c1-c1ccc(-c3cnn(C)c3)cc1)CC2. The number of likely N-dealkylation sites (N-methyl/N-ethyl adjacent to an activating group) is 1. The van der Waals surface area contributed by atoms with Gasteiger partial charge in [-0.2, -0.15) is 20.4 Å². The van der Waals surface area contributed by atoms with Crippen LogP contribution in [0.2, 0.25) is 0 Å². The summed E-state index contributed by atoms with van der Waals surface area (Å²) in [5, 5.41) is 27.6. The lowest BCUT2D eigenvalue weighted by atomic mass is 9.91. The number of carboxylic acids is 1. The van der Waals surface area contributed by atoms with E-state index in [0.29, 0.717) is 41.6 Å². The first-order valence-corrected chi connectivity index (χ1v) is 27.3. The van der Waals surface area contributed by atoms with Gasteiger partial charge in [0.25, 0.3) is 5.91 Å². The third-order valence-electron chi connectivity index (χ3n) is 15.8. The second-order valence-corrected chi connectivity index (χ2v) is 21.2. The highest BCUT2D eigenvalue weighted by Gasteiger charge is 2.30. The van der Waals surface area contributed by atoms with Crippen LogP contribution in [0, 0.1) is 0 Å². The summed E-state index contributed by atoms with van der Waals surface area (Å²) in [7, 11) is 13.1. The van der Waals surface area contributed by atoms with Crippen molar-refractivity contribution in [3.8, 4) is 78.8 Å². The van der Waals surface area contributed by atoms with E-state index in [1.54, 1.807) is 23.9 Å². The van der Waals surface area contributed by atoms with E-state index in [2.05, 4.69) is 75.7 Å². The summed E-state index contributed by atoms with van der Waals surface area (Å²) in [4.78, 5) is 48.2. The van der Waals surface area contributed by atoms with Gasteiger partial charge in [-0.05, 0) is 79.3 Å². The molecule has 1 N–H and O–H groups in total. The van der Waals surface area contributed by atoms with Crippen molar-refractivity contribution in [3.05, 3.63) is 179 Å². The number of fused-ring (bicyclic) bond motifs is 6. The number of carbonyl (C=O) groups is 2. The minimum atomic E-state index is -0.995. The molecule has 84 heavy (non-hydrogen) atoms. The molecular weight excluding hydrogens is 1060 g/mol. The third kappa shape index (κ3) is 11.3. The molecule has 7 heterocycles. The number of rotatable bonds is 12. The van der Waals surface area contributed by atoms with Crippen molar-refractivity contribution < 1.29 is 24.2 Å². The molecule has 1 amide bonds. The van der Waals surface area contributed by atoms with Gasteiger partial charge in [0.1, 0.15) is 23.1 Å². The Bertz CT molecular complexity index is 4050. The summed E-state index contributed by atoms with van der Waals surface area (Å²) in [6, 6.07) is 27.6. The lowest BCUT2D eigenvalue weighted by Crippen LogP contribution is -2.47.